The highest BCUT2D eigenvalue weighted by atomic mass is 16.5. The Labute approximate surface area is 191 Å². The minimum atomic E-state index is -0.657. The third-order valence-electron chi connectivity index (χ3n) is 6.67. The molecule has 0 aromatic heterocycles. The molecule has 4 atom stereocenters. The third-order valence-corrected chi connectivity index (χ3v) is 6.67. The minimum Gasteiger partial charge on any atom is -0.452 e. The van der Waals surface area contributed by atoms with Gasteiger partial charge in [-0.15, -0.1) is 0 Å². The number of nitrogens with zero attached hydrogens (tertiary/aromatic N) is 1. The summed E-state index contributed by atoms with van der Waals surface area (Å²) in [5.74, 6) is -1.68. The van der Waals surface area contributed by atoms with E-state index >= 15 is 0 Å². The zero-order valence-corrected chi connectivity index (χ0v) is 18.4. The van der Waals surface area contributed by atoms with E-state index in [4.69, 9.17) is 4.74 Å². The summed E-state index contributed by atoms with van der Waals surface area (Å²) in [7, 11) is 0. The number of allylic oxidation sites excluding steroid dienone is 2. The largest absolute Gasteiger partial charge is 0.452 e. The molecule has 1 saturated carbocycles. The van der Waals surface area contributed by atoms with Crippen LogP contribution in [0.2, 0.25) is 0 Å². The molecule has 7 nitrogen and oxygen atoms in total. The number of rotatable bonds is 5. The number of hydrogen-bond donors (Lipinski definition) is 1. The van der Waals surface area contributed by atoms with E-state index in [9.17, 15) is 19.2 Å². The summed E-state index contributed by atoms with van der Waals surface area (Å²) in [6, 6.07) is 11.8. The standard InChI is InChI=1S/C26H24N2O5/c1-14-9-15(2)11-19(10-14)27-21(29)13-33-26(32)16-5-7-20(8-6-16)28-24(30)22-17-3-4-18(12-17)23(22)25(28)31/h3-11,17-18,22-23H,12-13H2,1-2H3,(H,27,29)/t17-,18-,22-,23-/m0/s1. The Bertz CT molecular complexity index is 1150. The van der Waals surface area contributed by atoms with Crippen molar-refractivity contribution in [1.29, 1.82) is 0 Å². The smallest absolute Gasteiger partial charge is 0.338 e. The van der Waals surface area contributed by atoms with Gasteiger partial charge in [-0.3, -0.25) is 19.3 Å². The molecular weight excluding hydrogens is 420 g/mol. The quantitative estimate of drug-likeness (QED) is 0.433. The fraction of sp³-hybridized carbons (Fsp3) is 0.308. The summed E-state index contributed by atoms with van der Waals surface area (Å²) in [5.41, 5.74) is 3.36. The summed E-state index contributed by atoms with van der Waals surface area (Å²) in [6.07, 6.45) is 4.98. The maximum Gasteiger partial charge on any atom is 0.338 e. The fourth-order valence-electron chi connectivity index (χ4n) is 5.36. The molecule has 2 aromatic carbocycles. The van der Waals surface area contributed by atoms with Crippen molar-refractivity contribution in [3.05, 3.63) is 71.3 Å². The molecule has 1 heterocycles. The predicted octanol–water partition coefficient (Wildman–Crippen LogP) is 3.41. The molecule has 1 aliphatic heterocycles. The molecule has 3 amide bonds. The van der Waals surface area contributed by atoms with Crippen molar-refractivity contribution in [3.8, 4) is 0 Å². The van der Waals surface area contributed by atoms with Crippen LogP contribution in [-0.4, -0.2) is 30.3 Å². The Kier molecular flexibility index (Phi) is 5.12. The number of fused-ring (bicyclic) bond motifs is 5. The van der Waals surface area contributed by atoms with Gasteiger partial charge in [-0.05, 0) is 79.6 Å². The van der Waals surface area contributed by atoms with Crippen molar-refractivity contribution < 1.29 is 23.9 Å². The topological polar surface area (TPSA) is 92.8 Å². The normalized spacial score (nSPS) is 24.8. The van der Waals surface area contributed by atoms with E-state index in [1.807, 2.05) is 32.0 Å². The van der Waals surface area contributed by atoms with Gasteiger partial charge >= 0.3 is 5.97 Å². The lowest BCUT2D eigenvalue weighted by Gasteiger charge is -2.17. The maximum atomic E-state index is 12.9. The number of aryl methyl sites for hydroxylation is 2. The Morgan fingerprint density at radius 2 is 1.52 bits per heavy atom. The van der Waals surface area contributed by atoms with Crippen LogP contribution in [0.3, 0.4) is 0 Å². The Morgan fingerprint density at radius 3 is 2.09 bits per heavy atom. The molecule has 7 heteroatoms. The van der Waals surface area contributed by atoms with Crippen LogP contribution in [-0.2, 0) is 19.1 Å². The van der Waals surface area contributed by atoms with Gasteiger partial charge in [0.2, 0.25) is 11.8 Å². The summed E-state index contributed by atoms with van der Waals surface area (Å²) < 4.78 is 5.12. The molecule has 1 N–H and O–H groups in total. The van der Waals surface area contributed by atoms with Crippen molar-refractivity contribution in [2.45, 2.75) is 20.3 Å². The Morgan fingerprint density at radius 1 is 0.939 bits per heavy atom. The van der Waals surface area contributed by atoms with Gasteiger partial charge in [0.05, 0.1) is 23.1 Å². The van der Waals surface area contributed by atoms with Crippen molar-refractivity contribution in [1.82, 2.24) is 0 Å². The monoisotopic (exact) mass is 444 g/mol. The van der Waals surface area contributed by atoms with E-state index in [0.29, 0.717) is 11.4 Å². The Balaban J connectivity index is 1.20. The van der Waals surface area contributed by atoms with Gasteiger partial charge in [-0.25, -0.2) is 4.79 Å². The van der Waals surface area contributed by atoms with E-state index in [-0.39, 0.29) is 41.0 Å². The molecule has 0 radical (unpaired) electrons. The average Bonchev–Trinajstić information content (AvgIpc) is 3.45. The molecule has 3 aliphatic rings. The second-order valence-electron chi connectivity index (χ2n) is 9.06. The first-order valence-corrected chi connectivity index (χ1v) is 11.0. The third kappa shape index (κ3) is 3.73. The fourth-order valence-corrected chi connectivity index (χ4v) is 5.36. The second kappa shape index (κ2) is 7.99. The summed E-state index contributed by atoms with van der Waals surface area (Å²) in [6.45, 7) is 3.45. The molecule has 0 unspecified atom stereocenters. The van der Waals surface area contributed by atoms with Crippen molar-refractivity contribution in [3.63, 3.8) is 0 Å². The SMILES string of the molecule is Cc1cc(C)cc(NC(=O)COC(=O)c2ccc(N3C(=O)[C@@H]4[C@@H](C3=O)[C@H]3C=C[C@H]4C3)cc2)c1. The first-order valence-electron chi connectivity index (χ1n) is 11.0. The first kappa shape index (κ1) is 21.1. The number of esters is 1. The summed E-state index contributed by atoms with van der Waals surface area (Å²) in [5, 5.41) is 2.71. The molecule has 2 aliphatic carbocycles. The van der Waals surface area contributed by atoms with Gasteiger partial charge in [-0.1, -0.05) is 18.2 Å². The lowest BCUT2D eigenvalue weighted by atomic mass is 9.85. The molecule has 2 aromatic rings. The van der Waals surface area contributed by atoms with E-state index in [1.165, 1.54) is 17.0 Å². The molecule has 1 saturated heterocycles. The van der Waals surface area contributed by atoms with Gasteiger partial charge < -0.3 is 10.1 Å². The molecule has 5 rings (SSSR count). The maximum absolute atomic E-state index is 12.9. The summed E-state index contributed by atoms with van der Waals surface area (Å²) in [4.78, 5) is 51.6. The van der Waals surface area contributed by atoms with Crippen molar-refractivity contribution in [2.75, 3.05) is 16.8 Å². The lowest BCUT2D eigenvalue weighted by Crippen LogP contribution is -2.32. The first-order chi connectivity index (χ1) is 15.8. The van der Waals surface area contributed by atoms with Gasteiger partial charge in [-0.2, -0.15) is 0 Å². The number of imide groups is 1. The molecule has 33 heavy (non-hydrogen) atoms. The number of benzene rings is 2. The van der Waals surface area contributed by atoms with Crippen molar-refractivity contribution >= 4 is 35.1 Å². The number of nitrogens with one attached hydrogen (secondary N) is 1. The van der Waals surface area contributed by atoms with Crippen LogP contribution in [0.5, 0.6) is 0 Å². The molecular formula is C26H24N2O5. The van der Waals surface area contributed by atoms with Crippen LogP contribution in [0, 0.1) is 37.5 Å². The average molecular weight is 444 g/mol. The highest BCUT2D eigenvalue weighted by Gasteiger charge is 2.59. The zero-order valence-electron chi connectivity index (χ0n) is 18.4. The summed E-state index contributed by atoms with van der Waals surface area (Å²) >= 11 is 0. The van der Waals surface area contributed by atoms with Crippen LogP contribution in [0.15, 0.2) is 54.6 Å². The minimum absolute atomic E-state index is 0.144. The van der Waals surface area contributed by atoms with Gasteiger partial charge in [0.1, 0.15) is 0 Å². The number of hydrogen-bond acceptors (Lipinski definition) is 5. The molecule has 0 spiro atoms. The highest BCUT2D eigenvalue weighted by molar-refractivity contribution is 6.22. The molecule has 168 valence electrons. The van der Waals surface area contributed by atoms with Crippen LogP contribution in [0.1, 0.15) is 27.9 Å². The zero-order chi connectivity index (χ0) is 23.3. The number of carbonyl (C=O) groups excluding carboxylic acids is 4. The van der Waals surface area contributed by atoms with Gasteiger partial charge in [0.15, 0.2) is 6.61 Å². The Hall–Kier alpha value is -3.74. The number of anilines is 2. The van der Waals surface area contributed by atoms with E-state index in [1.54, 1.807) is 12.1 Å². The predicted molar refractivity (Wildman–Crippen MR) is 121 cm³/mol. The van der Waals surface area contributed by atoms with Crippen LogP contribution in [0.25, 0.3) is 0 Å². The van der Waals surface area contributed by atoms with E-state index in [2.05, 4.69) is 17.5 Å². The van der Waals surface area contributed by atoms with Crippen LogP contribution >= 0.6 is 0 Å². The van der Waals surface area contributed by atoms with Crippen LogP contribution < -0.4 is 10.2 Å². The molecule has 2 fully saturated rings. The van der Waals surface area contributed by atoms with Gasteiger partial charge in [0, 0.05) is 5.69 Å². The lowest BCUT2D eigenvalue weighted by molar-refractivity contribution is -0.123. The van der Waals surface area contributed by atoms with Crippen molar-refractivity contribution in [2.24, 2.45) is 23.7 Å². The van der Waals surface area contributed by atoms with E-state index in [0.717, 1.165) is 17.5 Å². The number of ether oxygens (including phenoxy) is 1. The van der Waals surface area contributed by atoms with Crippen LogP contribution in [0.4, 0.5) is 11.4 Å². The van der Waals surface area contributed by atoms with Gasteiger partial charge in [0.25, 0.3) is 5.91 Å². The number of carbonyl (C=O) groups is 4. The highest BCUT2D eigenvalue weighted by Crippen LogP contribution is 2.53. The van der Waals surface area contributed by atoms with E-state index < -0.39 is 18.5 Å². The number of amides is 3. The molecule has 2 bridgehead atoms. The second-order valence-corrected chi connectivity index (χ2v) is 9.06.